The second-order valence-corrected chi connectivity index (χ2v) is 9.26. The molecule has 0 saturated carbocycles. The lowest BCUT2D eigenvalue weighted by Crippen LogP contribution is -2.31. The van der Waals surface area contributed by atoms with E-state index in [0.29, 0.717) is 36.2 Å². The first-order valence-electron chi connectivity index (χ1n) is 9.50. The number of methoxy groups -OCH3 is 1. The normalized spacial score (nSPS) is 15.1. The molecular formula is C22H21Br2NO5S. The Morgan fingerprint density at radius 3 is 2.45 bits per heavy atom. The number of ether oxygens (including phenoxy) is 3. The smallest absolute Gasteiger partial charge is 0.293 e. The maximum Gasteiger partial charge on any atom is 0.293 e. The lowest BCUT2D eigenvalue weighted by atomic mass is 10.1. The van der Waals surface area contributed by atoms with Gasteiger partial charge in [0.15, 0.2) is 11.5 Å². The van der Waals surface area contributed by atoms with Crippen LogP contribution in [-0.2, 0) is 16.1 Å². The van der Waals surface area contributed by atoms with Crippen LogP contribution in [0.3, 0.4) is 0 Å². The van der Waals surface area contributed by atoms with Crippen LogP contribution in [0.15, 0.2) is 50.2 Å². The van der Waals surface area contributed by atoms with E-state index in [4.69, 9.17) is 14.2 Å². The van der Waals surface area contributed by atoms with E-state index < -0.39 is 0 Å². The molecule has 1 heterocycles. The molecule has 164 valence electrons. The SMILES string of the molecule is CCOc1cc(/C=C2/SC(=O)N(CCOC)C2=O)c(Br)cc1OCc1ccc(Br)cc1. The Labute approximate surface area is 202 Å². The number of carbonyl (C=O) groups is 2. The van der Waals surface area contributed by atoms with E-state index in [-0.39, 0.29) is 17.7 Å². The van der Waals surface area contributed by atoms with Crippen molar-refractivity contribution >= 4 is 60.8 Å². The molecule has 0 bridgehead atoms. The summed E-state index contributed by atoms with van der Waals surface area (Å²) in [4.78, 5) is 26.3. The van der Waals surface area contributed by atoms with Gasteiger partial charge in [0.05, 0.1) is 24.7 Å². The van der Waals surface area contributed by atoms with Gasteiger partial charge in [-0.2, -0.15) is 0 Å². The van der Waals surface area contributed by atoms with Gasteiger partial charge in [0, 0.05) is 16.1 Å². The maximum absolute atomic E-state index is 12.6. The zero-order valence-corrected chi connectivity index (χ0v) is 21.0. The number of nitrogens with zero attached hydrogens (tertiary/aromatic N) is 1. The summed E-state index contributed by atoms with van der Waals surface area (Å²) in [7, 11) is 1.53. The summed E-state index contributed by atoms with van der Waals surface area (Å²) in [5.74, 6) is 0.821. The average Bonchev–Trinajstić information content (AvgIpc) is 3.01. The van der Waals surface area contributed by atoms with Gasteiger partial charge in [-0.15, -0.1) is 0 Å². The molecule has 0 N–H and O–H groups in total. The number of benzene rings is 2. The predicted octanol–water partition coefficient (Wildman–Crippen LogP) is 5.87. The van der Waals surface area contributed by atoms with Gasteiger partial charge in [0.25, 0.3) is 11.1 Å². The van der Waals surface area contributed by atoms with Gasteiger partial charge >= 0.3 is 0 Å². The maximum atomic E-state index is 12.6. The minimum absolute atomic E-state index is 0.229. The first-order chi connectivity index (χ1) is 14.9. The molecule has 0 atom stereocenters. The summed E-state index contributed by atoms with van der Waals surface area (Å²) in [6.45, 7) is 3.27. The van der Waals surface area contributed by atoms with E-state index in [2.05, 4.69) is 31.9 Å². The average molecular weight is 571 g/mol. The Morgan fingerprint density at radius 2 is 1.77 bits per heavy atom. The molecule has 2 aromatic rings. The van der Waals surface area contributed by atoms with Gasteiger partial charge in [0.2, 0.25) is 0 Å². The third kappa shape index (κ3) is 6.12. The number of halogens is 2. The Bertz CT molecular complexity index is 994. The Balaban J connectivity index is 1.82. The molecule has 0 aliphatic carbocycles. The first-order valence-corrected chi connectivity index (χ1v) is 11.9. The molecule has 3 rings (SSSR count). The number of amides is 2. The van der Waals surface area contributed by atoms with Crippen LogP contribution in [0.2, 0.25) is 0 Å². The lowest BCUT2D eigenvalue weighted by molar-refractivity contribution is -0.123. The molecule has 31 heavy (non-hydrogen) atoms. The lowest BCUT2D eigenvalue weighted by Gasteiger charge is -2.14. The Kier molecular flexibility index (Phi) is 8.59. The fraction of sp³-hybridized carbons (Fsp3) is 0.273. The molecule has 1 fully saturated rings. The van der Waals surface area contributed by atoms with Crippen LogP contribution >= 0.6 is 43.6 Å². The minimum Gasteiger partial charge on any atom is -0.490 e. The van der Waals surface area contributed by atoms with Crippen LogP contribution in [0.4, 0.5) is 4.79 Å². The monoisotopic (exact) mass is 569 g/mol. The molecule has 0 unspecified atom stereocenters. The van der Waals surface area contributed by atoms with Crippen molar-refractivity contribution in [3.05, 3.63) is 61.4 Å². The predicted molar refractivity (Wildman–Crippen MR) is 128 cm³/mol. The van der Waals surface area contributed by atoms with Crippen molar-refractivity contribution in [2.24, 2.45) is 0 Å². The molecular weight excluding hydrogens is 550 g/mol. The quantitative estimate of drug-likeness (QED) is 0.351. The van der Waals surface area contributed by atoms with Gasteiger partial charge in [0.1, 0.15) is 6.61 Å². The second kappa shape index (κ2) is 11.2. The number of carbonyl (C=O) groups excluding carboxylic acids is 2. The molecule has 0 radical (unpaired) electrons. The summed E-state index contributed by atoms with van der Waals surface area (Å²) in [6, 6.07) is 11.5. The molecule has 6 nitrogen and oxygen atoms in total. The molecule has 9 heteroatoms. The van der Waals surface area contributed by atoms with E-state index in [1.54, 1.807) is 12.1 Å². The zero-order valence-electron chi connectivity index (χ0n) is 17.0. The van der Waals surface area contributed by atoms with E-state index in [1.807, 2.05) is 37.3 Å². The summed E-state index contributed by atoms with van der Waals surface area (Å²) in [5, 5.41) is -0.302. The fourth-order valence-corrected chi connectivity index (χ4v) is 4.36. The molecule has 1 saturated heterocycles. The van der Waals surface area contributed by atoms with E-state index in [1.165, 1.54) is 12.0 Å². The van der Waals surface area contributed by atoms with Crippen molar-refractivity contribution in [1.29, 1.82) is 0 Å². The summed E-state index contributed by atoms with van der Waals surface area (Å²) in [5.41, 5.74) is 1.74. The van der Waals surface area contributed by atoms with Crippen LogP contribution in [-0.4, -0.2) is 42.9 Å². The van der Waals surface area contributed by atoms with Gasteiger partial charge in [-0.3, -0.25) is 14.5 Å². The van der Waals surface area contributed by atoms with Crippen molar-refractivity contribution < 1.29 is 23.8 Å². The molecule has 1 aliphatic rings. The van der Waals surface area contributed by atoms with Crippen molar-refractivity contribution in [3.63, 3.8) is 0 Å². The van der Waals surface area contributed by atoms with Crippen molar-refractivity contribution in [2.45, 2.75) is 13.5 Å². The van der Waals surface area contributed by atoms with E-state index in [9.17, 15) is 9.59 Å². The molecule has 1 aliphatic heterocycles. The van der Waals surface area contributed by atoms with E-state index in [0.717, 1.165) is 31.8 Å². The van der Waals surface area contributed by atoms with Gasteiger partial charge in [-0.1, -0.05) is 44.0 Å². The van der Waals surface area contributed by atoms with Gasteiger partial charge in [-0.05, 0) is 60.2 Å². The van der Waals surface area contributed by atoms with Gasteiger partial charge < -0.3 is 14.2 Å². The number of thioether (sulfide) groups is 1. The Morgan fingerprint density at radius 1 is 1.06 bits per heavy atom. The fourth-order valence-electron chi connectivity index (χ4n) is 2.80. The highest BCUT2D eigenvalue weighted by Crippen LogP contribution is 2.38. The van der Waals surface area contributed by atoms with E-state index >= 15 is 0 Å². The topological polar surface area (TPSA) is 65.1 Å². The highest BCUT2D eigenvalue weighted by atomic mass is 79.9. The highest BCUT2D eigenvalue weighted by molar-refractivity contribution is 9.10. The minimum atomic E-state index is -0.326. The van der Waals surface area contributed by atoms with Crippen LogP contribution in [0.25, 0.3) is 6.08 Å². The Hall–Kier alpha value is -1.81. The summed E-state index contributed by atoms with van der Waals surface area (Å²) < 4.78 is 18.4. The van der Waals surface area contributed by atoms with Crippen LogP contribution in [0.1, 0.15) is 18.1 Å². The van der Waals surface area contributed by atoms with Crippen LogP contribution in [0, 0.1) is 0 Å². The third-order valence-electron chi connectivity index (χ3n) is 4.35. The van der Waals surface area contributed by atoms with Crippen molar-refractivity contribution in [3.8, 4) is 11.5 Å². The molecule has 2 aromatic carbocycles. The zero-order chi connectivity index (χ0) is 22.4. The first kappa shape index (κ1) is 23.8. The highest BCUT2D eigenvalue weighted by Gasteiger charge is 2.34. The summed E-state index contributed by atoms with van der Waals surface area (Å²) >= 11 is 7.88. The number of hydrogen-bond donors (Lipinski definition) is 0. The summed E-state index contributed by atoms with van der Waals surface area (Å²) in [6.07, 6.45) is 1.68. The molecule has 0 aromatic heterocycles. The standard InChI is InChI=1S/C22H21Br2NO5S/c1-3-29-18-10-15(11-20-21(26)25(8-9-28-2)22(27)31-20)17(24)12-19(18)30-13-14-4-6-16(23)7-5-14/h4-7,10-12H,3,8-9,13H2,1-2H3/b20-11+. The van der Waals surface area contributed by atoms with Crippen molar-refractivity contribution in [2.75, 3.05) is 26.9 Å². The largest absolute Gasteiger partial charge is 0.490 e. The third-order valence-corrected chi connectivity index (χ3v) is 6.47. The number of rotatable bonds is 9. The van der Waals surface area contributed by atoms with Crippen LogP contribution < -0.4 is 9.47 Å². The number of hydrogen-bond acceptors (Lipinski definition) is 6. The van der Waals surface area contributed by atoms with Gasteiger partial charge in [-0.25, -0.2) is 0 Å². The van der Waals surface area contributed by atoms with Crippen molar-refractivity contribution in [1.82, 2.24) is 4.90 Å². The second-order valence-electron chi connectivity index (χ2n) is 6.49. The number of imide groups is 1. The molecule has 2 amide bonds. The molecule has 0 spiro atoms. The van der Waals surface area contributed by atoms with Crippen LogP contribution in [0.5, 0.6) is 11.5 Å².